The molecule has 21 heavy (non-hydrogen) atoms. The van der Waals surface area contributed by atoms with Gasteiger partial charge in [-0.15, -0.1) is 0 Å². The molecule has 1 aromatic heterocycles. The van der Waals surface area contributed by atoms with Crippen molar-refractivity contribution in [3.63, 3.8) is 0 Å². The number of aryl methyl sites for hydroxylation is 3. The molecule has 0 fully saturated rings. The highest BCUT2D eigenvalue weighted by molar-refractivity contribution is 5.25. The lowest BCUT2D eigenvalue weighted by Gasteiger charge is -2.18. The summed E-state index contributed by atoms with van der Waals surface area (Å²) in [7, 11) is 0. The van der Waals surface area contributed by atoms with Crippen molar-refractivity contribution in [1.82, 2.24) is 14.9 Å². The van der Waals surface area contributed by atoms with E-state index in [0.29, 0.717) is 6.04 Å². The summed E-state index contributed by atoms with van der Waals surface area (Å²) in [6.07, 6.45) is 7.25. The Morgan fingerprint density at radius 1 is 1.24 bits per heavy atom. The summed E-state index contributed by atoms with van der Waals surface area (Å²) in [5.41, 5.74) is 2.85. The average Bonchev–Trinajstić information content (AvgIpc) is 2.93. The van der Waals surface area contributed by atoms with Crippen molar-refractivity contribution in [2.45, 2.75) is 52.6 Å². The largest absolute Gasteiger partial charge is 0.335 e. The van der Waals surface area contributed by atoms with Crippen molar-refractivity contribution in [3.05, 3.63) is 53.6 Å². The first-order valence-corrected chi connectivity index (χ1v) is 8.02. The van der Waals surface area contributed by atoms with Gasteiger partial charge in [0.25, 0.3) is 0 Å². The maximum Gasteiger partial charge on any atom is 0.110 e. The monoisotopic (exact) mass is 285 g/mol. The number of likely N-dealkylation sites (N-methyl/N-ethyl adjacent to an activating group) is 1. The van der Waals surface area contributed by atoms with Gasteiger partial charge in [-0.2, -0.15) is 0 Å². The molecule has 0 amide bonds. The number of hydrogen-bond acceptors (Lipinski definition) is 2. The molecule has 0 saturated heterocycles. The van der Waals surface area contributed by atoms with Crippen LogP contribution in [0.25, 0.3) is 0 Å². The van der Waals surface area contributed by atoms with Gasteiger partial charge in [0.2, 0.25) is 0 Å². The van der Waals surface area contributed by atoms with Crippen molar-refractivity contribution >= 4 is 0 Å². The number of nitrogens with zero attached hydrogens (tertiary/aromatic N) is 2. The lowest BCUT2D eigenvalue weighted by atomic mass is 9.99. The van der Waals surface area contributed by atoms with Gasteiger partial charge in [0, 0.05) is 31.4 Å². The molecule has 2 aromatic rings. The van der Waals surface area contributed by atoms with Crippen LogP contribution in [0.1, 0.15) is 37.2 Å². The van der Waals surface area contributed by atoms with Crippen LogP contribution in [0.3, 0.4) is 0 Å². The molecule has 1 aromatic carbocycles. The molecule has 0 radical (unpaired) electrons. The number of hydrogen-bond donors (Lipinski definition) is 1. The molecule has 0 aliphatic rings. The summed E-state index contributed by atoms with van der Waals surface area (Å²) < 4.78 is 2.23. The summed E-state index contributed by atoms with van der Waals surface area (Å²) in [4.78, 5) is 4.50. The zero-order valence-electron chi connectivity index (χ0n) is 13.5. The number of rotatable bonds is 8. The third-order valence-electron chi connectivity index (χ3n) is 4.09. The highest BCUT2D eigenvalue weighted by atomic mass is 15.1. The van der Waals surface area contributed by atoms with E-state index in [1.807, 2.05) is 6.20 Å². The van der Waals surface area contributed by atoms with Crippen molar-refractivity contribution in [2.75, 3.05) is 6.54 Å². The second kappa shape index (κ2) is 7.99. The Bertz CT molecular complexity index is 545. The molecule has 0 aliphatic heterocycles. The van der Waals surface area contributed by atoms with E-state index < -0.39 is 0 Å². The molecular weight excluding hydrogens is 258 g/mol. The molecule has 1 unspecified atom stereocenters. The lowest BCUT2D eigenvalue weighted by molar-refractivity contribution is 0.472. The summed E-state index contributed by atoms with van der Waals surface area (Å²) in [5, 5.41) is 3.61. The van der Waals surface area contributed by atoms with Crippen molar-refractivity contribution in [2.24, 2.45) is 0 Å². The Labute approximate surface area is 128 Å². The Balaban J connectivity index is 1.97. The van der Waals surface area contributed by atoms with Crippen LogP contribution in [0, 0.1) is 6.92 Å². The predicted octanol–water partition coefficient (Wildman–Crippen LogP) is 3.36. The van der Waals surface area contributed by atoms with Gasteiger partial charge < -0.3 is 9.88 Å². The van der Waals surface area contributed by atoms with Crippen molar-refractivity contribution in [1.29, 1.82) is 0 Å². The molecule has 3 heteroatoms. The fraction of sp³-hybridized carbons (Fsp3) is 0.500. The first-order valence-electron chi connectivity index (χ1n) is 8.02. The van der Waals surface area contributed by atoms with Crippen molar-refractivity contribution in [3.8, 4) is 0 Å². The van der Waals surface area contributed by atoms with Crippen LogP contribution >= 0.6 is 0 Å². The first-order chi connectivity index (χ1) is 10.2. The molecule has 0 saturated carbocycles. The van der Waals surface area contributed by atoms with E-state index in [1.165, 1.54) is 17.0 Å². The minimum Gasteiger partial charge on any atom is -0.335 e. The van der Waals surface area contributed by atoms with Crippen LogP contribution in [0.2, 0.25) is 0 Å². The minimum atomic E-state index is 0.488. The van der Waals surface area contributed by atoms with E-state index in [9.17, 15) is 0 Å². The van der Waals surface area contributed by atoms with E-state index >= 15 is 0 Å². The Kier molecular flexibility index (Phi) is 6.00. The minimum absolute atomic E-state index is 0.488. The number of benzene rings is 1. The zero-order chi connectivity index (χ0) is 15.1. The number of imidazole rings is 1. The first kappa shape index (κ1) is 15.8. The molecule has 1 atom stereocenters. The van der Waals surface area contributed by atoms with Gasteiger partial charge in [-0.3, -0.25) is 0 Å². The maximum atomic E-state index is 4.50. The molecular formula is C18H27N3. The van der Waals surface area contributed by atoms with Gasteiger partial charge in [-0.1, -0.05) is 31.2 Å². The third-order valence-corrected chi connectivity index (χ3v) is 4.09. The molecule has 0 bridgehead atoms. The number of aromatic nitrogens is 2. The van der Waals surface area contributed by atoms with E-state index in [2.05, 4.69) is 66.1 Å². The Morgan fingerprint density at radius 3 is 2.76 bits per heavy atom. The topological polar surface area (TPSA) is 29.9 Å². The molecule has 0 spiro atoms. The maximum absolute atomic E-state index is 4.50. The quantitative estimate of drug-likeness (QED) is 0.806. The molecule has 1 heterocycles. The molecule has 0 aliphatic carbocycles. The summed E-state index contributed by atoms with van der Waals surface area (Å²) in [6.45, 7) is 8.53. The normalized spacial score (nSPS) is 12.5. The van der Waals surface area contributed by atoms with Crippen LogP contribution in [-0.4, -0.2) is 22.1 Å². The van der Waals surface area contributed by atoms with Crippen LogP contribution in [0.4, 0.5) is 0 Å². The van der Waals surface area contributed by atoms with Gasteiger partial charge >= 0.3 is 0 Å². The molecule has 2 rings (SSSR count). The second-order valence-corrected chi connectivity index (χ2v) is 5.55. The van der Waals surface area contributed by atoms with Crippen LogP contribution in [0.15, 0.2) is 36.7 Å². The van der Waals surface area contributed by atoms with Gasteiger partial charge in [-0.05, 0) is 44.4 Å². The fourth-order valence-electron chi connectivity index (χ4n) is 2.82. The predicted molar refractivity (Wildman–Crippen MR) is 88.6 cm³/mol. The van der Waals surface area contributed by atoms with Crippen LogP contribution in [0.5, 0.6) is 0 Å². The fourth-order valence-corrected chi connectivity index (χ4v) is 2.82. The summed E-state index contributed by atoms with van der Waals surface area (Å²) >= 11 is 0. The van der Waals surface area contributed by atoms with E-state index in [4.69, 9.17) is 0 Å². The van der Waals surface area contributed by atoms with Crippen molar-refractivity contribution < 1.29 is 0 Å². The summed E-state index contributed by atoms with van der Waals surface area (Å²) in [6, 6.07) is 9.17. The standard InChI is InChI=1S/C18H27N3/c1-4-19-17(14-18-20-12-13-21(18)5-2)11-10-16-9-7-6-8-15(16)3/h6-9,12-13,17,19H,4-5,10-11,14H2,1-3H3. The molecule has 114 valence electrons. The van der Waals surface area contributed by atoms with E-state index in [1.54, 1.807) is 0 Å². The van der Waals surface area contributed by atoms with Crippen LogP contribution in [-0.2, 0) is 19.4 Å². The van der Waals surface area contributed by atoms with E-state index in [0.717, 1.165) is 32.4 Å². The average molecular weight is 285 g/mol. The zero-order valence-corrected chi connectivity index (χ0v) is 13.5. The van der Waals surface area contributed by atoms with Gasteiger partial charge in [0.1, 0.15) is 5.82 Å². The van der Waals surface area contributed by atoms with E-state index in [-0.39, 0.29) is 0 Å². The summed E-state index contributed by atoms with van der Waals surface area (Å²) in [5.74, 6) is 1.19. The highest BCUT2D eigenvalue weighted by Gasteiger charge is 2.12. The Morgan fingerprint density at radius 2 is 2.05 bits per heavy atom. The van der Waals surface area contributed by atoms with Crippen LogP contribution < -0.4 is 5.32 Å². The number of nitrogens with one attached hydrogen (secondary N) is 1. The Hall–Kier alpha value is -1.61. The van der Waals surface area contributed by atoms with Gasteiger partial charge in [-0.25, -0.2) is 4.98 Å². The van der Waals surface area contributed by atoms with Gasteiger partial charge in [0.15, 0.2) is 0 Å². The highest BCUT2D eigenvalue weighted by Crippen LogP contribution is 2.13. The molecule has 3 nitrogen and oxygen atoms in total. The third kappa shape index (κ3) is 4.43. The lowest BCUT2D eigenvalue weighted by Crippen LogP contribution is -2.32. The SMILES string of the molecule is CCNC(CCc1ccccc1C)Cc1nccn1CC. The second-order valence-electron chi connectivity index (χ2n) is 5.55. The van der Waals surface area contributed by atoms with Gasteiger partial charge in [0.05, 0.1) is 0 Å². The smallest absolute Gasteiger partial charge is 0.110 e. The molecule has 1 N–H and O–H groups in total.